The molecule has 1 aromatic heterocycles. The van der Waals surface area contributed by atoms with E-state index < -0.39 is 0 Å². The Morgan fingerprint density at radius 1 is 1.25 bits per heavy atom. The second-order valence-corrected chi connectivity index (χ2v) is 7.80. The van der Waals surface area contributed by atoms with E-state index in [0.29, 0.717) is 0 Å². The maximum atomic E-state index is 5.65. The third-order valence-corrected chi connectivity index (χ3v) is 5.76. The summed E-state index contributed by atoms with van der Waals surface area (Å²) in [7, 11) is 3.71. The zero-order valence-electron chi connectivity index (χ0n) is 11.9. The number of nitrogens with one attached hydrogen (secondary N) is 1. The van der Waals surface area contributed by atoms with E-state index in [1.165, 1.54) is 16.7 Å². The smallest absolute Gasteiger partial charge is 0.127 e. The largest absolute Gasteiger partial charge is 0.496 e. The Kier molecular flexibility index (Phi) is 5.29. The van der Waals surface area contributed by atoms with Crippen molar-refractivity contribution in [3.63, 3.8) is 0 Å². The predicted molar refractivity (Wildman–Crippen MR) is 93.1 cm³/mol. The van der Waals surface area contributed by atoms with Crippen LogP contribution in [0, 0.1) is 13.8 Å². The molecule has 0 fully saturated rings. The molecule has 0 amide bonds. The Hall–Kier alpha value is -0.360. The van der Waals surface area contributed by atoms with Crippen molar-refractivity contribution in [1.29, 1.82) is 0 Å². The van der Waals surface area contributed by atoms with Crippen molar-refractivity contribution < 1.29 is 4.74 Å². The van der Waals surface area contributed by atoms with Gasteiger partial charge in [0, 0.05) is 10.0 Å². The highest BCUT2D eigenvalue weighted by molar-refractivity contribution is 9.11. The number of rotatable bonds is 4. The van der Waals surface area contributed by atoms with Gasteiger partial charge in [0.2, 0.25) is 0 Å². The van der Waals surface area contributed by atoms with Gasteiger partial charge in [-0.05, 0) is 71.0 Å². The molecule has 0 saturated heterocycles. The van der Waals surface area contributed by atoms with Crippen LogP contribution in [-0.2, 0) is 0 Å². The molecule has 1 atom stereocenters. The van der Waals surface area contributed by atoms with Gasteiger partial charge in [0.05, 0.1) is 16.9 Å². The average molecular weight is 419 g/mol. The fourth-order valence-electron chi connectivity index (χ4n) is 2.45. The molecule has 0 radical (unpaired) electrons. The maximum absolute atomic E-state index is 5.65. The molecule has 0 spiro atoms. The van der Waals surface area contributed by atoms with E-state index in [1.807, 2.05) is 7.05 Å². The first kappa shape index (κ1) is 16.0. The van der Waals surface area contributed by atoms with Gasteiger partial charge in [-0.1, -0.05) is 15.9 Å². The molecule has 2 rings (SSSR count). The summed E-state index contributed by atoms with van der Waals surface area (Å²) in [4.78, 5) is 0. The Balaban J connectivity index is 2.65. The number of hydrogen-bond donors (Lipinski definition) is 1. The third-order valence-electron chi connectivity index (χ3n) is 3.41. The van der Waals surface area contributed by atoms with Crippen LogP contribution in [0.2, 0.25) is 0 Å². The lowest BCUT2D eigenvalue weighted by molar-refractivity contribution is 0.401. The van der Waals surface area contributed by atoms with E-state index in [2.05, 4.69) is 68.5 Å². The first-order valence-electron chi connectivity index (χ1n) is 6.24. The molecule has 0 aliphatic rings. The lowest BCUT2D eigenvalue weighted by Crippen LogP contribution is -2.19. The Bertz CT molecular complexity index is 625. The second-order valence-electron chi connectivity index (χ2n) is 4.65. The summed E-state index contributed by atoms with van der Waals surface area (Å²) in [5.74, 6) is 0.951. The molecular formula is C15H17Br2NOS. The third kappa shape index (κ3) is 2.96. The van der Waals surface area contributed by atoms with E-state index in [9.17, 15) is 0 Å². The highest BCUT2D eigenvalue weighted by Crippen LogP contribution is 2.40. The van der Waals surface area contributed by atoms with Gasteiger partial charge in [-0.3, -0.25) is 0 Å². The van der Waals surface area contributed by atoms with Crippen molar-refractivity contribution in [2.45, 2.75) is 19.9 Å². The number of aryl methyl sites for hydroxylation is 1. The number of thiophene rings is 1. The van der Waals surface area contributed by atoms with Crippen LogP contribution in [0.4, 0.5) is 0 Å². The molecular weight excluding hydrogens is 402 g/mol. The van der Waals surface area contributed by atoms with E-state index in [-0.39, 0.29) is 6.04 Å². The fraction of sp³-hybridized carbons (Fsp3) is 0.333. The van der Waals surface area contributed by atoms with Gasteiger partial charge in [0.1, 0.15) is 5.75 Å². The van der Waals surface area contributed by atoms with Crippen molar-refractivity contribution in [3.05, 3.63) is 48.0 Å². The summed E-state index contributed by atoms with van der Waals surface area (Å²) in [5.41, 5.74) is 4.76. The van der Waals surface area contributed by atoms with E-state index >= 15 is 0 Å². The zero-order valence-corrected chi connectivity index (χ0v) is 15.9. The van der Waals surface area contributed by atoms with Crippen molar-refractivity contribution in [3.8, 4) is 5.75 Å². The minimum Gasteiger partial charge on any atom is -0.496 e. The van der Waals surface area contributed by atoms with Crippen LogP contribution in [0.1, 0.15) is 28.3 Å². The number of benzene rings is 1. The van der Waals surface area contributed by atoms with Gasteiger partial charge in [-0.25, -0.2) is 0 Å². The summed E-state index contributed by atoms with van der Waals surface area (Å²) in [6.07, 6.45) is 0. The first-order valence-corrected chi connectivity index (χ1v) is 8.71. The number of methoxy groups -OCH3 is 1. The molecule has 2 nitrogen and oxygen atoms in total. The van der Waals surface area contributed by atoms with Crippen LogP contribution in [-0.4, -0.2) is 14.2 Å². The lowest BCUT2D eigenvalue weighted by atomic mass is 9.94. The van der Waals surface area contributed by atoms with E-state index in [0.717, 1.165) is 19.6 Å². The first-order chi connectivity index (χ1) is 9.49. The van der Waals surface area contributed by atoms with Gasteiger partial charge in [0.25, 0.3) is 0 Å². The molecule has 2 aromatic rings. The molecule has 20 heavy (non-hydrogen) atoms. The van der Waals surface area contributed by atoms with Gasteiger partial charge in [0.15, 0.2) is 0 Å². The highest BCUT2D eigenvalue weighted by atomic mass is 79.9. The summed E-state index contributed by atoms with van der Waals surface area (Å²) in [6.45, 7) is 4.19. The average Bonchev–Trinajstić information content (AvgIpc) is 2.83. The molecule has 0 aliphatic heterocycles. The SMILES string of the molecule is CNC(c1csc(Br)c1)c1c(C)c(Br)cc(C)c1OC. The number of hydrogen-bond acceptors (Lipinski definition) is 3. The molecule has 1 unspecified atom stereocenters. The molecule has 1 aromatic carbocycles. The second kappa shape index (κ2) is 6.60. The van der Waals surface area contributed by atoms with Crippen LogP contribution in [0.3, 0.4) is 0 Å². The molecule has 1 N–H and O–H groups in total. The molecule has 0 saturated carbocycles. The normalized spacial score (nSPS) is 12.5. The monoisotopic (exact) mass is 417 g/mol. The van der Waals surface area contributed by atoms with Gasteiger partial charge in [-0.2, -0.15) is 0 Å². The minimum absolute atomic E-state index is 0.115. The predicted octanol–water partition coefficient (Wildman–Crippen LogP) is 5.21. The van der Waals surface area contributed by atoms with Crippen molar-refractivity contribution >= 4 is 43.2 Å². The van der Waals surface area contributed by atoms with Crippen molar-refractivity contribution in [2.24, 2.45) is 0 Å². The molecule has 108 valence electrons. The van der Waals surface area contributed by atoms with Crippen molar-refractivity contribution in [1.82, 2.24) is 5.32 Å². The van der Waals surface area contributed by atoms with Crippen molar-refractivity contribution in [2.75, 3.05) is 14.2 Å². The van der Waals surface area contributed by atoms with Crippen LogP contribution < -0.4 is 10.1 Å². The minimum atomic E-state index is 0.115. The fourth-order valence-corrected chi connectivity index (χ4v) is 4.20. The molecule has 1 heterocycles. The summed E-state index contributed by atoms with van der Waals surface area (Å²) in [6, 6.07) is 4.37. The maximum Gasteiger partial charge on any atom is 0.127 e. The molecule has 5 heteroatoms. The van der Waals surface area contributed by atoms with Gasteiger partial charge >= 0.3 is 0 Å². The molecule has 0 bridgehead atoms. The Labute approximate surface area is 140 Å². The molecule has 0 aliphatic carbocycles. The standard InChI is InChI=1S/C15H17Br2NOS/c1-8-5-11(16)9(2)13(15(8)19-4)14(18-3)10-6-12(17)20-7-10/h5-7,14,18H,1-4H3. The summed E-state index contributed by atoms with van der Waals surface area (Å²) in [5, 5.41) is 5.57. The summed E-state index contributed by atoms with van der Waals surface area (Å²) < 4.78 is 7.90. The van der Waals surface area contributed by atoms with Gasteiger partial charge in [-0.15, -0.1) is 11.3 Å². The van der Waals surface area contributed by atoms with Gasteiger partial charge < -0.3 is 10.1 Å². The topological polar surface area (TPSA) is 21.3 Å². The quantitative estimate of drug-likeness (QED) is 0.735. The van der Waals surface area contributed by atoms with E-state index in [4.69, 9.17) is 4.74 Å². The zero-order chi connectivity index (χ0) is 14.9. The number of halogens is 2. The number of ether oxygens (including phenoxy) is 1. The summed E-state index contributed by atoms with van der Waals surface area (Å²) >= 11 is 8.88. The van der Waals surface area contributed by atoms with Crippen LogP contribution in [0.5, 0.6) is 5.75 Å². The Morgan fingerprint density at radius 2 is 1.95 bits per heavy atom. The highest BCUT2D eigenvalue weighted by Gasteiger charge is 2.23. The lowest BCUT2D eigenvalue weighted by Gasteiger charge is -2.23. The van der Waals surface area contributed by atoms with E-state index in [1.54, 1.807) is 18.4 Å². The van der Waals surface area contributed by atoms with Crippen LogP contribution in [0.25, 0.3) is 0 Å². The van der Waals surface area contributed by atoms with Crippen LogP contribution >= 0.6 is 43.2 Å². The van der Waals surface area contributed by atoms with Crippen LogP contribution in [0.15, 0.2) is 25.8 Å². The Morgan fingerprint density at radius 3 is 2.45 bits per heavy atom.